The van der Waals surface area contributed by atoms with E-state index in [0.717, 1.165) is 22.3 Å². The van der Waals surface area contributed by atoms with E-state index in [1.165, 1.54) is 4.31 Å². The van der Waals surface area contributed by atoms with Crippen molar-refractivity contribution in [1.29, 1.82) is 0 Å². The highest BCUT2D eigenvalue weighted by Gasteiger charge is 2.25. The van der Waals surface area contributed by atoms with Crippen LogP contribution in [-0.2, 0) is 10.0 Å². The van der Waals surface area contributed by atoms with Gasteiger partial charge < -0.3 is 0 Å². The van der Waals surface area contributed by atoms with Gasteiger partial charge in [-0.25, -0.2) is 8.42 Å². The minimum Gasteiger partial charge on any atom is -0.267 e. The van der Waals surface area contributed by atoms with Crippen molar-refractivity contribution in [2.24, 2.45) is 0 Å². The molecule has 0 radical (unpaired) electrons. The molecule has 2 rings (SSSR count). The molecule has 0 bridgehead atoms. The van der Waals surface area contributed by atoms with Crippen LogP contribution in [0.2, 0.25) is 0 Å². The zero-order valence-corrected chi connectivity index (χ0v) is 14.7. The van der Waals surface area contributed by atoms with Gasteiger partial charge in [0.2, 0.25) is 0 Å². The SMILES string of the molecule is CCN(c1cccc(C)c1)S(=O)(=O)c1cc(C)c(C)cc1C. The van der Waals surface area contributed by atoms with Crippen molar-refractivity contribution in [3.05, 3.63) is 58.7 Å². The van der Waals surface area contributed by atoms with Gasteiger partial charge in [-0.2, -0.15) is 0 Å². The Labute approximate surface area is 133 Å². The van der Waals surface area contributed by atoms with E-state index in [1.807, 2.05) is 65.0 Å². The fraction of sp³-hybridized carbons (Fsp3) is 0.333. The highest BCUT2D eigenvalue weighted by atomic mass is 32.2. The van der Waals surface area contributed by atoms with Crippen LogP contribution in [0.4, 0.5) is 5.69 Å². The molecular formula is C18H23NO2S. The van der Waals surface area contributed by atoms with Crippen molar-refractivity contribution in [1.82, 2.24) is 0 Å². The van der Waals surface area contributed by atoms with Gasteiger partial charge in [-0.1, -0.05) is 18.2 Å². The summed E-state index contributed by atoms with van der Waals surface area (Å²) in [5, 5.41) is 0. The Morgan fingerprint density at radius 3 is 2.14 bits per heavy atom. The van der Waals surface area contributed by atoms with E-state index in [-0.39, 0.29) is 0 Å². The van der Waals surface area contributed by atoms with E-state index in [9.17, 15) is 8.42 Å². The molecule has 0 fully saturated rings. The molecule has 0 saturated heterocycles. The van der Waals surface area contributed by atoms with Crippen LogP contribution >= 0.6 is 0 Å². The average Bonchev–Trinajstić information content (AvgIpc) is 2.43. The summed E-state index contributed by atoms with van der Waals surface area (Å²) in [7, 11) is -3.56. The lowest BCUT2D eigenvalue weighted by Crippen LogP contribution is -2.31. The first-order chi connectivity index (χ1) is 10.3. The first-order valence-corrected chi connectivity index (χ1v) is 8.88. The predicted octanol–water partition coefficient (Wildman–Crippen LogP) is 4.14. The van der Waals surface area contributed by atoms with Gasteiger partial charge in [-0.3, -0.25) is 4.31 Å². The largest absolute Gasteiger partial charge is 0.267 e. The lowest BCUT2D eigenvalue weighted by molar-refractivity contribution is 0.591. The first kappa shape index (κ1) is 16.6. The van der Waals surface area contributed by atoms with Gasteiger partial charge in [0.1, 0.15) is 0 Å². The van der Waals surface area contributed by atoms with Crippen molar-refractivity contribution in [2.45, 2.75) is 39.5 Å². The van der Waals surface area contributed by atoms with Crippen LogP contribution in [0, 0.1) is 27.7 Å². The zero-order valence-electron chi connectivity index (χ0n) is 13.8. The molecule has 0 aromatic heterocycles. The molecule has 0 spiro atoms. The van der Waals surface area contributed by atoms with E-state index in [2.05, 4.69) is 0 Å². The molecule has 0 N–H and O–H groups in total. The number of hydrogen-bond acceptors (Lipinski definition) is 2. The number of hydrogen-bond donors (Lipinski definition) is 0. The van der Waals surface area contributed by atoms with Crippen molar-refractivity contribution in [3.63, 3.8) is 0 Å². The van der Waals surface area contributed by atoms with E-state index >= 15 is 0 Å². The maximum atomic E-state index is 13.1. The Morgan fingerprint density at radius 2 is 1.55 bits per heavy atom. The molecule has 3 nitrogen and oxygen atoms in total. The molecule has 0 unspecified atom stereocenters. The maximum Gasteiger partial charge on any atom is 0.264 e. The summed E-state index contributed by atoms with van der Waals surface area (Å²) in [4.78, 5) is 0.388. The average molecular weight is 317 g/mol. The predicted molar refractivity (Wildman–Crippen MR) is 92.0 cm³/mol. The summed E-state index contributed by atoms with van der Waals surface area (Å²) >= 11 is 0. The number of aryl methyl sites for hydroxylation is 4. The number of nitrogens with zero attached hydrogens (tertiary/aromatic N) is 1. The topological polar surface area (TPSA) is 37.4 Å². The summed E-state index contributed by atoms with van der Waals surface area (Å²) in [6.45, 7) is 10.0. The van der Waals surface area contributed by atoms with Crippen LogP contribution in [0.3, 0.4) is 0 Å². The Hall–Kier alpha value is -1.81. The highest BCUT2D eigenvalue weighted by molar-refractivity contribution is 7.92. The van der Waals surface area contributed by atoms with Crippen LogP contribution in [0.5, 0.6) is 0 Å². The van der Waals surface area contributed by atoms with Crippen molar-refractivity contribution in [3.8, 4) is 0 Å². The number of benzene rings is 2. The van der Waals surface area contributed by atoms with E-state index < -0.39 is 10.0 Å². The maximum absolute atomic E-state index is 13.1. The molecule has 4 heteroatoms. The Bertz CT molecular complexity index is 795. The second-order valence-electron chi connectivity index (χ2n) is 5.71. The van der Waals surface area contributed by atoms with Gasteiger partial charge in [0.15, 0.2) is 0 Å². The first-order valence-electron chi connectivity index (χ1n) is 7.44. The number of anilines is 1. The monoisotopic (exact) mass is 317 g/mol. The Kier molecular flexibility index (Phi) is 4.61. The normalized spacial score (nSPS) is 11.5. The van der Waals surface area contributed by atoms with Gasteiger partial charge in [-0.15, -0.1) is 0 Å². The molecule has 0 aliphatic carbocycles. The lowest BCUT2D eigenvalue weighted by atomic mass is 10.1. The molecule has 2 aromatic rings. The third-order valence-electron chi connectivity index (χ3n) is 3.94. The van der Waals surface area contributed by atoms with Crippen LogP contribution in [-0.4, -0.2) is 15.0 Å². The van der Waals surface area contributed by atoms with Gasteiger partial charge in [0.05, 0.1) is 10.6 Å². The quantitative estimate of drug-likeness (QED) is 0.850. The van der Waals surface area contributed by atoms with Crippen LogP contribution in [0.15, 0.2) is 41.3 Å². The second kappa shape index (κ2) is 6.13. The van der Waals surface area contributed by atoms with Crippen molar-refractivity contribution < 1.29 is 8.42 Å². The van der Waals surface area contributed by atoms with Gasteiger partial charge >= 0.3 is 0 Å². The summed E-state index contributed by atoms with van der Waals surface area (Å²) < 4.78 is 27.6. The molecule has 0 amide bonds. The number of sulfonamides is 1. The highest BCUT2D eigenvalue weighted by Crippen LogP contribution is 2.27. The molecule has 0 saturated carbocycles. The summed E-state index contributed by atoms with van der Waals surface area (Å²) in [6.07, 6.45) is 0. The number of rotatable bonds is 4. The van der Waals surface area contributed by atoms with Gasteiger partial charge in [0, 0.05) is 6.54 Å². The minimum absolute atomic E-state index is 0.388. The van der Waals surface area contributed by atoms with Crippen LogP contribution in [0.1, 0.15) is 29.2 Å². The van der Waals surface area contributed by atoms with E-state index in [0.29, 0.717) is 17.1 Å². The molecule has 118 valence electrons. The Morgan fingerprint density at radius 1 is 0.909 bits per heavy atom. The van der Waals surface area contributed by atoms with E-state index in [4.69, 9.17) is 0 Å². The summed E-state index contributed by atoms with van der Waals surface area (Å²) in [5.74, 6) is 0. The van der Waals surface area contributed by atoms with Crippen LogP contribution in [0.25, 0.3) is 0 Å². The van der Waals surface area contributed by atoms with Gasteiger partial charge in [0.25, 0.3) is 10.0 Å². The van der Waals surface area contributed by atoms with Crippen molar-refractivity contribution in [2.75, 3.05) is 10.8 Å². The van der Waals surface area contributed by atoms with Crippen LogP contribution < -0.4 is 4.31 Å². The molecule has 2 aromatic carbocycles. The third kappa shape index (κ3) is 3.02. The Balaban J connectivity index is 2.59. The fourth-order valence-electron chi connectivity index (χ4n) is 2.61. The smallest absolute Gasteiger partial charge is 0.264 e. The second-order valence-corrected chi connectivity index (χ2v) is 7.54. The van der Waals surface area contributed by atoms with Crippen molar-refractivity contribution >= 4 is 15.7 Å². The fourth-order valence-corrected chi connectivity index (χ4v) is 4.37. The standard InChI is InChI=1S/C18H23NO2S/c1-6-19(17-9-7-8-13(2)10-17)22(20,21)18-12-15(4)14(3)11-16(18)5/h7-12H,6H2,1-5H3. The molecule has 0 heterocycles. The lowest BCUT2D eigenvalue weighted by Gasteiger charge is -2.24. The molecule has 0 atom stereocenters. The molecule has 22 heavy (non-hydrogen) atoms. The van der Waals surface area contributed by atoms with Gasteiger partial charge in [-0.05, 0) is 75.1 Å². The third-order valence-corrected chi connectivity index (χ3v) is 5.98. The summed E-state index contributed by atoms with van der Waals surface area (Å²) in [5.41, 5.74) is 4.64. The molecule has 0 aliphatic rings. The molecule has 0 aliphatic heterocycles. The zero-order chi connectivity index (χ0) is 16.5. The van der Waals surface area contributed by atoms with E-state index in [1.54, 1.807) is 6.07 Å². The molecular weight excluding hydrogens is 294 g/mol. The minimum atomic E-state index is -3.56. The summed E-state index contributed by atoms with van der Waals surface area (Å²) in [6, 6.07) is 11.3.